The van der Waals surface area contributed by atoms with Crippen LogP contribution in [-0.4, -0.2) is 27.8 Å². The maximum Gasteiger partial charge on any atom is 0.308 e. The highest BCUT2D eigenvalue weighted by atomic mass is 16.5. The Bertz CT molecular complexity index is 801. The average molecular weight is 357 g/mol. The van der Waals surface area contributed by atoms with Crippen molar-refractivity contribution in [1.82, 2.24) is 9.78 Å². The van der Waals surface area contributed by atoms with E-state index in [-0.39, 0.29) is 12.3 Å². The molecule has 6 nitrogen and oxygen atoms in total. The Kier molecular flexibility index (Phi) is 6.18. The predicted octanol–water partition coefficient (Wildman–Crippen LogP) is 3.39. The summed E-state index contributed by atoms with van der Waals surface area (Å²) in [7, 11) is 0. The van der Waals surface area contributed by atoms with Gasteiger partial charge in [-0.25, -0.2) is 0 Å². The number of rotatable bonds is 6. The molecule has 0 aliphatic carbocycles. The van der Waals surface area contributed by atoms with Crippen LogP contribution in [0, 0.1) is 34.6 Å². The number of benzene rings is 1. The second-order valence-electron chi connectivity index (χ2n) is 6.80. The number of carbonyl (C=O) groups is 2. The molecule has 140 valence electrons. The first-order chi connectivity index (χ1) is 12.2. The lowest BCUT2D eigenvalue weighted by atomic mass is 10.0. The van der Waals surface area contributed by atoms with E-state index < -0.39 is 12.1 Å². The standard InChI is InChI=1S/C20H27N3O3/c1-12-9-13(2)19(14(3)10-12)21-20(25)17(6)26-18(24)7-8-23-16(5)11-15(4)22-23/h9-11,17H,7-8H2,1-6H3,(H,21,25). The van der Waals surface area contributed by atoms with Gasteiger partial charge in [-0.1, -0.05) is 17.7 Å². The zero-order chi connectivity index (χ0) is 19.4. The zero-order valence-corrected chi connectivity index (χ0v) is 16.3. The fraction of sp³-hybridized carbons (Fsp3) is 0.450. The van der Waals surface area contributed by atoms with Gasteiger partial charge in [0.25, 0.3) is 5.91 Å². The van der Waals surface area contributed by atoms with E-state index >= 15 is 0 Å². The third kappa shape index (κ3) is 4.94. The van der Waals surface area contributed by atoms with Gasteiger partial charge in [0, 0.05) is 11.4 Å². The molecule has 2 aromatic rings. The molecule has 0 radical (unpaired) electrons. The monoisotopic (exact) mass is 357 g/mol. The Hall–Kier alpha value is -2.63. The summed E-state index contributed by atoms with van der Waals surface area (Å²) >= 11 is 0. The topological polar surface area (TPSA) is 73.2 Å². The van der Waals surface area contributed by atoms with Crippen molar-refractivity contribution in [3.05, 3.63) is 46.3 Å². The van der Waals surface area contributed by atoms with Crippen molar-refractivity contribution in [3.63, 3.8) is 0 Å². The molecule has 1 heterocycles. The second kappa shape index (κ2) is 8.17. The molecular weight excluding hydrogens is 330 g/mol. The highest BCUT2D eigenvalue weighted by molar-refractivity contribution is 5.96. The molecule has 0 fully saturated rings. The minimum atomic E-state index is -0.858. The first kappa shape index (κ1) is 19.7. The molecule has 0 aliphatic heterocycles. The first-order valence-corrected chi connectivity index (χ1v) is 8.76. The number of aryl methyl sites for hydroxylation is 6. The number of nitrogens with one attached hydrogen (secondary N) is 1. The lowest BCUT2D eigenvalue weighted by Crippen LogP contribution is -2.30. The van der Waals surface area contributed by atoms with Crippen LogP contribution in [0.5, 0.6) is 0 Å². The molecule has 6 heteroatoms. The van der Waals surface area contributed by atoms with E-state index in [4.69, 9.17) is 4.74 Å². The van der Waals surface area contributed by atoms with Crippen molar-refractivity contribution in [1.29, 1.82) is 0 Å². The van der Waals surface area contributed by atoms with Crippen LogP contribution in [0.2, 0.25) is 0 Å². The number of carbonyl (C=O) groups excluding carboxylic acids is 2. The largest absolute Gasteiger partial charge is 0.452 e. The van der Waals surface area contributed by atoms with Gasteiger partial charge < -0.3 is 10.1 Å². The molecule has 1 N–H and O–H groups in total. The van der Waals surface area contributed by atoms with Gasteiger partial charge in [-0.3, -0.25) is 14.3 Å². The maximum absolute atomic E-state index is 12.4. The van der Waals surface area contributed by atoms with Gasteiger partial charge >= 0.3 is 5.97 Å². The number of hydrogen-bond acceptors (Lipinski definition) is 4. The van der Waals surface area contributed by atoms with Crippen molar-refractivity contribution in [2.75, 3.05) is 5.32 Å². The number of aromatic nitrogens is 2. The lowest BCUT2D eigenvalue weighted by molar-refractivity contribution is -0.153. The van der Waals surface area contributed by atoms with Crippen molar-refractivity contribution in [2.24, 2.45) is 0 Å². The van der Waals surface area contributed by atoms with Crippen LogP contribution in [-0.2, 0) is 20.9 Å². The van der Waals surface area contributed by atoms with E-state index in [1.54, 1.807) is 11.6 Å². The molecule has 1 amide bonds. The maximum atomic E-state index is 12.4. The normalized spacial score (nSPS) is 11.9. The summed E-state index contributed by atoms with van der Waals surface area (Å²) < 4.78 is 7.03. The van der Waals surface area contributed by atoms with Crippen LogP contribution >= 0.6 is 0 Å². The van der Waals surface area contributed by atoms with Gasteiger partial charge in [0.2, 0.25) is 0 Å². The fourth-order valence-corrected chi connectivity index (χ4v) is 3.01. The van der Waals surface area contributed by atoms with Crippen molar-refractivity contribution in [2.45, 2.75) is 60.6 Å². The minimum absolute atomic E-state index is 0.169. The van der Waals surface area contributed by atoms with Gasteiger partial charge in [0.05, 0.1) is 18.7 Å². The molecule has 0 bridgehead atoms. The molecule has 0 aliphatic rings. The SMILES string of the molecule is Cc1cc(C)c(NC(=O)C(C)OC(=O)CCn2nc(C)cc2C)c(C)c1. The number of hydrogen-bond donors (Lipinski definition) is 1. The summed E-state index contributed by atoms with van der Waals surface area (Å²) in [5, 5.41) is 7.17. The van der Waals surface area contributed by atoms with Crippen LogP contribution in [0.1, 0.15) is 41.4 Å². The second-order valence-corrected chi connectivity index (χ2v) is 6.80. The number of amides is 1. The summed E-state index contributed by atoms with van der Waals surface area (Å²) in [5.74, 6) is -0.753. The predicted molar refractivity (Wildman–Crippen MR) is 101 cm³/mol. The number of ether oxygens (including phenoxy) is 1. The van der Waals surface area contributed by atoms with Crippen LogP contribution in [0.25, 0.3) is 0 Å². The smallest absolute Gasteiger partial charge is 0.308 e. The van der Waals surface area contributed by atoms with Crippen molar-refractivity contribution >= 4 is 17.6 Å². The molecule has 0 saturated carbocycles. The van der Waals surface area contributed by atoms with E-state index in [1.165, 1.54) is 0 Å². The minimum Gasteiger partial charge on any atom is -0.452 e. The zero-order valence-electron chi connectivity index (χ0n) is 16.3. The highest BCUT2D eigenvalue weighted by Crippen LogP contribution is 2.22. The molecular formula is C20H27N3O3. The Morgan fingerprint density at radius 2 is 1.73 bits per heavy atom. The van der Waals surface area contributed by atoms with Crippen molar-refractivity contribution < 1.29 is 14.3 Å². The van der Waals surface area contributed by atoms with Crippen LogP contribution in [0.15, 0.2) is 18.2 Å². The van der Waals surface area contributed by atoms with Gasteiger partial charge in [-0.05, 0) is 58.7 Å². The number of esters is 1. The molecule has 26 heavy (non-hydrogen) atoms. The van der Waals surface area contributed by atoms with Crippen LogP contribution in [0.4, 0.5) is 5.69 Å². The summed E-state index contributed by atoms with van der Waals surface area (Å²) in [6, 6.07) is 5.97. The Morgan fingerprint density at radius 3 is 2.27 bits per heavy atom. The van der Waals surface area contributed by atoms with Gasteiger partial charge in [-0.2, -0.15) is 5.10 Å². The Balaban J connectivity index is 1.90. The molecule has 1 aromatic heterocycles. The van der Waals surface area contributed by atoms with Crippen LogP contribution < -0.4 is 5.32 Å². The van der Waals surface area contributed by atoms with Gasteiger partial charge in [0.1, 0.15) is 0 Å². The van der Waals surface area contributed by atoms with Gasteiger partial charge in [0.15, 0.2) is 6.10 Å². The van der Waals surface area contributed by atoms with E-state index in [0.29, 0.717) is 6.54 Å². The first-order valence-electron chi connectivity index (χ1n) is 8.76. The third-order valence-electron chi connectivity index (χ3n) is 4.23. The van der Waals surface area contributed by atoms with Gasteiger partial charge in [-0.15, -0.1) is 0 Å². The molecule has 1 aromatic carbocycles. The quantitative estimate of drug-likeness (QED) is 0.804. The summed E-state index contributed by atoms with van der Waals surface area (Å²) in [6.07, 6.45) is -0.689. The molecule has 1 unspecified atom stereocenters. The summed E-state index contributed by atoms with van der Waals surface area (Å²) in [5.41, 5.74) is 5.78. The third-order valence-corrected chi connectivity index (χ3v) is 4.23. The fourth-order valence-electron chi connectivity index (χ4n) is 3.01. The van der Waals surface area contributed by atoms with Crippen LogP contribution in [0.3, 0.4) is 0 Å². The van der Waals surface area contributed by atoms with E-state index in [9.17, 15) is 9.59 Å². The number of nitrogens with zero attached hydrogens (tertiary/aromatic N) is 2. The highest BCUT2D eigenvalue weighted by Gasteiger charge is 2.19. The van der Waals surface area contributed by atoms with Crippen molar-refractivity contribution in [3.8, 4) is 0 Å². The molecule has 0 saturated heterocycles. The molecule has 0 spiro atoms. The van der Waals surface area contributed by atoms with E-state index in [2.05, 4.69) is 10.4 Å². The van der Waals surface area contributed by atoms with E-state index in [0.717, 1.165) is 33.8 Å². The van der Waals surface area contributed by atoms with E-state index in [1.807, 2.05) is 52.8 Å². The average Bonchev–Trinajstić information content (AvgIpc) is 2.86. The lowest BCUT2D eigenvalue weighted by Gasteiger charge is -2.17. The summed E-state index contributed by atoms with van der Waals surface area (Å²) in [4.78, 5) is 24.4. The number of anilines is 1. The Labute approximate surface area is 154 Å². The summed E-state index contributed by atoms with van der Waals surface area (Å²) in [6.45, 7) is 11.8. The molecule has 1 atom stereocenters. The Morgan fingerprint density at radius 1 is 1.12 bits per heavy atom. The molecule has 2 rings (SSSR count).